The molecule has 0 spiro atoms. The zero-order chi connectivity index (χ0) is 41.1. The minimum Gasteiger partial charge on any atom is -0.446 e. The summed E-state index contributed by atoms with van der Waals surface area (Å²) >= 11 is 0. The van der Waals surface area contributed by atoms with Gasteiger partial charge in [0, 0.05) is 25.1 Å². The van der Waals surface area contributed by atoms with Crippen LogP contribution in [0.5, 0.6) is 0 Å². The van der Waals surface area contributed by atoms with Gasteiger partial charge in [-0.25, -0.2) is 4.79 Å². The summed E-state index contributed by atoms with van der Waals surface area (Å²) in [6.07, 6.45) is 14.0. The molecule has 1 aliphatic heterocycles. The second kappa shape index (κ2) is 23.0. The van der Waals surface area contributed by atoms with Gasteiger partial charge in [-0.15, -0.1) is 0 Å². The number of ether oxygens (including phenoxy) is 1. The van der Waals surface area contributed by atoms with Gasteiger partial charge >= 0.3 is 6.09 Å². The van der Waals surface area contributed by atoms with Gasteiger partial charge in [-0.05, 0) is 96.5 Å². The van der Waals surface area contributed by atoms with Crippen molar-refractivity contribution in [2.24, 2.45) is 0 Å². The van der Waals surface area contributed by atoms with Crippen molar-refractivity contribution in [2.75, 3.05) is 52.1 Å². The molecule has 0 aromatic heterocycles. The molecule has 1 fully saturated rings. The smallest absolute Gasteiger partial charge is 0.411 e. The fourth-order valence-electron chi connectivity index (χ4n) is 8.71. The van der Waals surface area contributed by atoms with Gasteiger partial charge in [0.2, 0.25) is 0 Å². The normalized spacial score (nSPS) is 14.2. The van der Waals surface area contributed by atoms with Crippen LogP contribution >= 0.6 is 0 Å². The summed E-state index contributed by atoms with van der Waals surface area (Å²) in [6, 6.07) is 49.2. The zero-order valence-corrected chi connectivity index (χ0v) is 36.1. The van der Waals surface area contributed by atoms with Gasteiger partial charge in [0.25, 0.3) is 0 Å². The van der Waals surface area contributed by atoms with Crippen LogP contribution in [0.2, 0.25) is 0 Å². The maximum absolute atomic E-state index is 12.8. The highest BCUT2D eigenvalue weighted by atomic mass is 16.6. The van der Waals surface area contributed by atoms with Crippen LogP contribution in [0.3, 0.4) is 0 Å². The first kappa shape index (κ1) is 43.6. The van der Waals surface area contributed by atoms with Crippen LogP contribution in [0, 0.1) is 0 Å². The predicted octanol–water partition coefficient (Wildman–Crippen LogP) is 13.2. The van der Waals surface area contributed by atoms with E-state index in [1.165, 1.54) is 97.9 Å². The lowest BCUT2D eigenvalue weighted by Gasteiger charge is -2.31. The Bertz CT molecular complexity index is 2000. The number of hydrogen-bond acceptors (Lipinski definition) is 3. The number of anilines is 1. The van der Waals surface area contributed by atoms with E-state index in [9.17, 15) is 4.79 Å². The molecule has 1 amide bonds. The van der Waals surface area contributed by atoms with E-state index >= 15 is 0 Å². The van der Waals surface area contributed by atoms with E-state index in [1.807, 2.05) is 42.5 Å². The summed E-state index contributed by atoms with van der Waals surface area (Å²) in [5.74, 6) is 0. The van der Waals surface area contributed by atoms with Crippen molar-refractivity contribution in [1.82, 2.24) is 4.90 Å². The number of benzene rings is 5. The third-order valence-electron chi connectivity index (χ3n) is 12.1. The fourth-order valence-corrected chi connectivity index (χ4v) is 8.71. The lowest BCUT2D eigenvalue weighted by Crippen LogP contribution is -2.41. The number of likely N-dealkylation sites (tertiary alicyclic amines) is 1. The van der Waals surface area contributed by atoms with Crippen LogP contribution in [0.25, 0.3) is 22.3 Å². The molecule has 0 saturated carbocycles. The number of piperidine rings is 1. The number of unbranched alkanes of at least 4 members (excludes halogenated alkanes) is 6. The van der Waals surface area contributed by atoms with Crippen molar-refractivity contribution < 1.29 is 14.0 Å². The molecule has 1 N–H and O–H groups in total. The Balaban J connectivity index is 0.811. The average Bonchev–Trinajstić information content (AvgIpc) is 3.27. The Morgan fingerprint density at radius 1 is 0.627 bits per heavy atom. The van der Waals surface area contributed by atoms with E-state index < -0.39 is 0 Å². The van der Waals surface area contributed by atoms with Crippen molar-refractivity contribution in [3.8, 4) is 11.1 Å². The molecule has 5 aromatic carbocycles. The first-order chi connectivity index (χ1) is 28.9. The van der Waals surface area contributed by atoms with Crippen molar-refractivity contribution in [3.05, 3.63) is 162 Å². The molecule has 6 rings (SSSR count). The molecular formula is C54H68N3O2+. The predicted molar refractivity (Wildman–Crippen MR) is 249 cm³/mol. The third kappa shape index (κ3) is 13.8. The lowest BCUT2D eigenvalue weighted by atomic mass is 9.88. The molecular weight excluding hydrogens is 723 g/mol. The monoisotopic (exact) mass is 791 g/mol. The number of allylic oxidation sites excluding steroid dienone is 1. The number of carbonyl (C=O) groups is 1. The quantitative estimate of drug-likeness (QED) is 0.0457. The Morgan fingerprint density at radius 3 is 1.83 bits per heavy atom. The fraction of sp³-hybridized carbons (Fsp3) is 0.389. The number of quaternary nitrogens is 1. The number of para-hydroxylation sites is 1. The summed E-state index contributed by atoms with van der Waals surface area (Å²) in [5, 5.41) is 2.99. The van der Waals surface area contributed by atoms with Crippen molar-refractivity contribution in [1.29, 1.82) is 0 Å². The minimum atomic E-state index is -0.358. The van der Waals surface area contributed by atoms with Crippen molar-refractivity contribution in [3.63, 3.8) is 0 Å². The number of hydrogen-bond donors (Lipinski definition) is 1. The number of amides is 1. The molecule has 5 nitrogen and oxygen atoms in total. The molecule has 1 aliphatic rings. The zero-order valence-electron chi connectivity index (χ0n) is 36.1. The molecule has 1 saturated heterocycles. The van der Waals surface area contributed by atoms with Crippen LogP contribution < -0.4 is 5.32 Å². The second-order valence-corrected chi connectivity index (χ2v) is 17.1. The molecule has 310 valence electrons. The van der Waals surface area contributed by atoms with E-state index in [2.05, 4.69) is 128 Å². The number of rotatable bonds is 21. The topological polar surface area (TPSA) is 41.6 Å². The first-order valence-corrected chi connectivity index (χ1v) is 22.5. The van der Waals surface area contributed by atoms with Gasteiger partial charge in [0.1, 0.15) is 6.10 Å². The van der Waals surface area contributed by atoms with Crippen LogP contribution in [-0.4, -0.2) is 68.4 Å². The molecule has 59 heavy (non-hydrogen) atoms. The number of aryl methyl sites for hydroxylation is 1. The van der Waals surface area contributed by atoms with E-state index in [-0.39, 0.29) is 12.2 Å². The molecule has 0 atom stereocenters. The van der Waals surface area contributed by atoms with E-state index in [0.717, 1.165) is 66.6 Å². The molecule has 5 aromatic rings. The van der Waals surface area contributed by atoms with Crippen LogP contribution in [-0.2, 0) is 11.2 Å². The van der Waals surface area contributed by atoms with E-state index in [0.29, 0.717) is 0 Å². The SMILES string of the molecule is CCC(=C(c1ccccc1)c1ccc(CCC[N+](C)(C)CCCCCCCCCN2CCC(OC(=O)Nc3ccccc3-c3ccccc3)CC2)cc1)c1ccccc1. The third-order valence-corrected chi connectivity index (χ3v) is 12.1. The highest BCUT2D eigenvalue weighted by molar-refractivity contribution is 5.98. The summed E-state index contributed by atoms with van der Waals surface area (Å²) in [4.78, 5) is 15.3. The van der Waals surface area contributed by atoms with Crippen molar-refractivity contribution >= 4 is 22.9 Å². The van der Waals surface area contributed by atoms with Gasteiger partial charge in [-0.2, -0.15) is 0 Å². The molecule has 0 radical (unpaired) electrons. The largest absolute Gasteiger partial charge is 0.446 e. The van der Waals surface area contributed by atoms with Crippen molar-refractivity contribution in [2.45, 2.75) is 90.1 Å². The average molecular weight is 791 g/mol. The Hall–Kier alpha value is -4.97. The van der Waals surface area contributed by atoms with E-state index in [4.69, 9.17) is 4.74 Å². The van der Waals surface area contributed by atoms with Gasteiger partial charge in [-0.3, -0.25) is 5.32 Å². The maximum atomic E-state index is 12.8. The van der Waals surface area contributed by atoms with Gasteiger partial charge in [0.15, 0.2) is 0 Å². The summed E-state index contributed by atoms with van der Waals surface area (Å²) in [6.45, 7) is 7.89. The summed E-state index contributed by atoms with van der Waals surface area (Å²) in [7, 11) is 4.82. The number of nitrogens with zero attached hydrogens (tertiary/aromatic N) is 2. The summed E-state index contributed by atoms with van der Waals surface area (Å²) in [5.41, 5.74) is 10.9. The number of nitrogens with one attached hydrogen (secondary N) is 1. The standard InChI is InChI=1S/C54H67N3O2/c1-4-50(45-25-13-10-14-26-45)53(47-29-17-12-18-30-47)48-35-33-44(34-36-48)24-23-43-57(2,3)42-22-9-7-5-6-8-21-39-56-40-37-49(38-41-56)59-54(58)55-52-32-20-19-31-51(52)46-27-15-11-16-28-46/h10-20,25-36,49H,4-9,21-24,37-43H2,1-3H3/p+1. The first-order valence-electron chi connectivity index (χ1n) is 22.5. The Morgan fingerprint density at radius 2 is 1.17 bits per heavy atom. The second-order valence-electron chi connectivity index (χ2n) is 17.1. The molecule has 5 heteroatoms. The van der Waals surface area contributed by atoms with Gasteiger partial charge in [-0.1, -0.05) is 166 Å². The molecule has 0 bridgehead atoms. The minimum absolute atomic E-state index is 0.0204. The number of carbonyl (C=O) groups excluding carboxylic acids is 1. The Labute approximate surface area is 355 Å². The molecule has 0 aliphatic carbocycles. The van der Waals surface area contributed by atoms with Gasteiger partial charge in [0.05, 0.1) is 32.9 Å². The molecule has 1 heterocycles. The highest BCUT2D eigenvalue weighted by Gasteiger charge is 2.23. The van der Waals surface area contributed by atoms with Crippen LogP contribution in [0.4, 0.5) is 10.5 Å². The highest BCUT2D eigenvalue weighted by Crippen LogP contribution is 2.34. The van der Waals surface area contributed by atoms with Crippen LogP contribution in [0.15, 0.2) is 140 Å². The van der Waals surface area contributed by atoms with E-state index in [1.54, 1.807) is 0 Å². The maximum Gasteiger partial charge on any atom is 0.411 e. The van der Waals surface area contributed by atoms with Crippen LogP contribution in [0.1, 0.15) is 99.8 Å². The lowest BCUT2D eigenvalue weighted by molar-refractivity contribution is -0.890. The van der Waals surface area contributed by atoms with Gasteiger partial charge < -0.3 is 14.1 Å². The summed E-state index contributed by atoms with van der Waals surface area (Å²) < 4.78 is 6.95. The molecule has 0 unspecified atom stereocenters. The Kier molecular flexibility index (Phi) is 17.0.